The molecular weight excluding hydrogens is 250 g/mol. The number of esters is 1. The average molecular weight is 267 g/mol. The van der Waals surface area contributed by atoms with E-state index in [2.05, 4.69) is 4.98 Å². The van der Waals surface area contributed by atoms with E-state index >= 15 is 0 Å². The van der Waals surface area contributed by atoms with Gasteiger partial charge in [0.2, 0.25) is 5.82 Å². The topological polar surface area (TPSA) is 85.6 Å². The van der Waals surface area contributed by atoms with Gasteiger partial charge in [0.15, 0.2) is 0 Å². The minimum Gasteiger partial charge on any atom is -0.461 e. The first-order chi connectivity index (χ1) is 8.84. The summed E-state index contributed by atoms with van der Waals surface area (Å²) in [6.45, 7) is 5.10. The molecule has 7 nitrogen and oxygen atoms in total. The number of carbonyl (C=O) groups excluding carboxylic acids is 1. The second kappa shape index (κ2) is 6.12. The first kappa shape index (κ1) is 14.9. The summed E-state index contributed by atoms with van der Waals surface area (Å²) in [5, 5.41) is 10.9. The molecule has 0 aliphatic rings. The zero-order valence-corrected chi connectivity index (χ0v) is 11.4. The Morgan fingerprint density at radius 2 is 2.11 bits per heavy atom. The summed E-state index contributed by atoms with van der Waals surface area (Å²) in [6.07, 6.45) is 1.21. The standard InChI is InChI=1S/C12H17N3O4/c1-8(2)19-12(16)9(3)14(4)11-10(15(17)18)6-5-7-13-11/h5-9H,1-4H3/t9-/m0/s1. The summed E-state index contributed by atoms with van der Waals surface area (Å²) in [5.74, 6) is -0.307. The Labute approximate surface area is 111 Å². The zero-order chi connectivity index (χ0) is 14.6. The van der Waals surface area contributed by atoms with Gasteiger partial charge < -0.3 is 9.64 Å². The molecule has 7 heteroatoms. The number of ether oxygens (including phenoxy) is 1. The molecule has 0 saturated carbocycles. The van der Waals surface area contributed by atoms with E-state index in [-0.39, 0.29) is 17.6 Å². The number of anilines is 1. The minimum atomic E-state index is -0.656. The minimum absolute atomic E-state index is 0.140. The van der Waals surface area contributed by atoms with Crippen LogP contribution in [0.4, 0.5) is 11.5 Å². The van der Waals surface area contributed by atoms with Crippen molar-refractivity contribution >= 4 is 17.5 Å². The van der Waals surface area contributed by atoms with Crippen LogP contribution in [0.5, 0.6) is 0 Å². The number of likely N-dealkylation sites (N-methyl/N-ethyl adjacent to an activating group) is 1. The van der Waals surface area contributed by atoms with E-state index in [1.165, 1.54) is 23.2 Å². The van der Waals surface area contributed by atoms with Crippen LogP contribution in [0.2, 0.25) is 0 Å². The van der Waals surface area contributed by atoms with Gasteiger partial charge in [-0.05, 0) is 26.8 Å². The first-order valence-corrected chi connectivity index (χ1v) is 5.87. The molecule has 1 atom stereocenters. The smallest absolute Gasteiger partial charge is 0.328 e. The molecule has 1 aromatic heterocycles. The van der Waals surface area contributed by atoms with Crippen LogP contribution < -0.4 is 4.90 Å². The summed E-state index contributed by atoms with van der Waals surface area (Å²) < 4.78 is 5.08. The van der Waals surface area contributed by atoms with E-state index in [1.807, 2.05) is 0 Å². The number of nitro groups is 1. The highest BCUT2D eigenvalue weighted by molar-refractivity contribution is 5.80. The highest BCUT2D eigenvalue weighted by atomic mass is 16.6. The number of rotatable bonds is 5. The molecule has 104 valence electrons. The number of carbonyl (C=O) groups is 1. The Bertz CT molecular complexity index is 476. The molecule has 0 saturated heterocycles. The summed E-state index contributed by atoms with van der Waals surface area (Å²) in [4.78, 5) is 27.6. The lowest BCUT2D eigenvalue weighted by Gasteiger charge is -2.24. The van der Waals surface area contributed by atoms with Crippen molar-refractivity contribution in [2.75, 3.05) is 11.9 Å². The van der Waals surface area contributed by atoms with Crippen molar-refractivity contribution in [3.63, 3.8) is 0 Å². The highest BCUT2D eigenvalue weighted by Gasteiger charge is 2.26. The van der Waals surface area contributed by atoms with E-state index in [1.54, 1.807) is 27.8 Å². The highest BCUT2D eigenvalue weighted by Crippen LogP contribution is 2.25. The Morgan fingerprint density at radius 3 is 2.63 bits per heavy atom. The molecule has 0 unspecified atom stereocenters. The van der Waals surface area contributed by atoms with Crippen LogP contribution in [0.15, 0.2) is 18.3 Å². The van der Waals surface area contributed by atoms with Crippen molar-refractivity contribution in [2.45, 2.75) is 32.9 Å². The lowest BCUT2D eigenvalue weighted by atomic mass is 10.2. The maximum Gasteiger partial charge on any atom is 0.328 e. The van der Waals surface area contributed by atoms with E-state index in [9.17, 15) is 14.9 Å². The van der Waals surface area contributed by atoms with E-state index in [0.29, 0.717) is 0 Å². The van der Waals surface area contributed by atoms with Gasteiger partial charge in [0.25, 0.3) is 0 Å². The molecule has 0 aliphatic carbocycles. The molecule has 0 bridgehead atoms. The SMILES string of the molecule is CC(C)OC(=O)[C@H](C)N(C)c1ncccc1[N+](=O)[O-]. The van der Waals surface area contributed by atoms with Crippen LogP contribution in [0.1, 0.15) is 20.8 Å². The van der Waals surface area contributed by atoms with Gasteiger partial charge in [-0.1, -0.05) is 0 Å². The number of aromatic nitrogens is 1. The van der Waals surface area contributed by atoms with Crippen molar-refractivity contribution in [3.8, 4) is 0 Å². The van der Waals surface area contributed by atoms with Gasteiger partial charge in [0.1, 0.15) is 6.04 Å². The first-order valence-electron chi connectivity index (χ1n) is 5.87. The lowest BCUT2D eigenvalue weighted by molar-refractivity contribution is -0.384. The van der Waals surface area contributed by atoms with Crippen LogP contribution in [0.3, 0.4) is 0 Å². The van der Waals surface area contributed by atoms with Crippen LogP contribution in [0.25, 0.3) is 0 Å². The Balaban J connectivity index is 2.97. The van der Waals surface area contributed by atoms with E-state index < -0.39 is 16.9 Å². The molecule has 0 N–H and O–H groups in total. The van der Waals surface area contributed by atoms with Gasteiger partial charge in [0.05, 0.1) is 11.0 Å². The number of hydrogen-bond acceptors (Lipinski definition) is 6. The van der Waals surface area contributed by atoms with Crippen LogP contribution in [0, 0.1) is 10.1 Å². The molecule has 1 rings (SSSR count). The second-order valence-electron chi connectivity index (χ2n) is 4.38. The molecule has 1 aromatic rings. The predicted octanol–water partition coefficient (Wildman–Crippen LogP) is 1.77. The van der Waals surface area contributed by atoms with Crippen LogP contribution in [-0.4, -0.2) is 35.1 Å². The number of hydrogen-bond donors (Lipinski definition) is 0. The van der Waals surface area contributed by atoms with Gasteiger partial charge in [-0.15, -0.1) is 0 Å². The Morgan fingerprint density at radius 1 is 1.47 bits per heavy atom. The molecule has 0 fully saturated rings. The zero-order valence-electron chi connectivity index (χ0n) is 11.4. The van der Waals surface area contributed by atoms with E-state index in [4.69, 9.17) is 4.74 Å². The monoisotopic (exact) mass is 267 g/mol. The quantitative estimate of drug-likeness (QED) is 0.459. The van der Waals surface area contributed by atoms with Gasteiger partial charge in [-0.3, -0.25) is 10.1 Å². The van der Waals surface area contributed by atoms with Crippen molar-refractivity contribution < 1.29 is 14.5 Å². The number of pyridine rings is 1. The van der Waals surface area contributed by atoms with Crippen molar-refractivity contribution in [3.05, 3.63) is 28.4 Å². The molecule has 0 amide bonds. The third kappa shape index (κ3) is 3.64. The normalized spacial score (nSPS) is 12.1. The Hall–Kier alpha value is -2.18. The van der Waals surface area contributed by atoms with Gasteiger partial charge in [-0.25, -0.2) is 9.78 Å². The fourth-order valence-corrected chi connectivity index (χ4v) is 1.48. The lowest BCUT2D eigenvalue weighted by Crippen LogP contribution is -2.39. The van der Waals surface area contributed by atoms with Crippen molar-refractivity contribution in [1.29, 1.82) is 0 Å². The van der Waals surface area contributed by atoms with Gasteiger partial charge >= 0.3 is 11.7 Å². The molecule has 0 aliphatic heterocycles. The summed E-state index contributed by atoms with van der Waals surface area (Å²) in [6, 6.07) is 2.17. The largest absolute Gasteiger partial charge is 0.461 e. The molecule has 0 radical (unpaired) electrons. The third-order valence-electron chi connectivity index (χ3n) is 2.57. The third-order valence-corrected chi connectivity index (χ3v) is 2.57. The fraction of sp³-hybridized carbons (Fsp3) is 0.500. The van der Waals surface area contributed by atoms with E-state index in [0.717, 1.165) is 0 Å². The molecule has 1 heterocycles. The predicted molar refractivity (Wildman–Crippen MR) is 70.0 cm³/mol. The van der Waals surface area contributed by atoms with Crippen LogP contribution in [-0.2, 0) is 9.53 Å². The molecule has 0 aromatic carbocycles. The maximum atomic E-state index is 11.8. The molecule has 0 spiro atoms. The Kier molecular flexibility index (Phi) is 4.80. The number of nitrogens with zero attached hydrogens (tertiary/aromatic N) is 3. The summed E-state index contributed by atoms with van der Waals surface area (Å²) in [7, 11) is 1.57. The van der Waals surface area contributed by atoms with Gasteiger partial charge in [0, 0.05) is 19.3 Å². The van der Waals surface area contributed by atoms with Crippen molar-refractivity contribution in [1.82, 2.24) is 4.98 Å². The average Bonchev–Trinajstić information content (AvgIpc) is 2.36. The van der Waals surface area contributed by atoms with Crippen LogP contribution >= 0.6 is 0 Å². The second-order valence-corrected chi connectivity index (χ2v) is 4.38. The molecule has 19 heavy (non-hydrogen) atoms. The summed E-state index contributed by atoms with van der Waals surface area (Å²) in [5.41, 5.74) is -0.144. The maximum absolute atomic E-state index is 11.8. The van der Waals surface area contributed by atoms with Gasteiger partial charge in [-0.2, -0.15) is 0 Å². The fourth-order valence-electron chi connectivity index (χ4n) is 1.48. The molecular formula is C12H17N3O4. The van der Waals surface area contributed by atoms with Crippen molar-refractivity contribution in [2.24, 2.45) is 0 Å². The summed E-state index contributed by atoms with van der Waals surface area (Å²) >= 11 is 0.